The van der Waals surface area contributed by atoms with Gasteiger partial charge in [-0.25, -0.2) is 18.4 Å². The molecule has 0 atom stereocenters. The van der Waals surface area contributed by atoms with Gasteiger partial charge in [-0.3, -0.25) is 9.12 Å². The van der Waals surface area contributed by atoms with Crippen LogP contribution in [-0.4, -0.2) is 29.9 Å². The third kappa shape index (κ3) is 3.41. The van der Waals surface area contributed by atoms with Crippen LogP contribution in [0.5, 0.6) is 5.75 Å². The highest BCUT2D eigenvalue weighted by Crippen LogP contribution is 2.32. The number of methoxy groups -OCH3 is 1. The average molecular weight is 394 g/mol. The molecule has 0 spiro atoms. The molecule has 2 aromatic heterocycles. The SMILES string of the molecule is COc1ccc(-c2cn3cccnc3n2)cc1NS(=O)(=O)c1cccc(C)c1. The van der Waals surface area contributed by atoms with Gasteiger partial charge in [-0.2, -0.15) is 0 Å². The molecule has 7 nitrogen and oxygen atoms in total. The highest BCUT2D eigenvalue weighted by atomic mass is 32.2. The molecule has 0 saturated carbocycles. The van der Waals surface area contributed by atoms with E-state index in [9.17, 15) is 8.42 Å². The second-order valence-corrected chi connectivity index (χ2v) is 7.97. The molecule has 0 fully saturated rings. The van der Waals surface area contributed by atoms with E-state index in [0.29, 0.717) is 22.9 Å². The summed E-state index contributed by atoms with van der Waals surface area (Å²) >= 11 is 0. The quantitative estimate of drug-likeness (QED) is 0.560. The summed E-state index contributed by atoms with van der Waals surface area (Å²) < 4.78 is 35.4. The van der Waals surface area contributed by atoms with Crippen molar-refractivity contribution in [1.29, 1.82) is 0 Å². The number of aryl methyl sites for hydroxylation is 1. The van der Waals surface area contributed by atoms with Crippen molar-refractivity contribution in [3.8, 4) is 17.0 Å². The van der Waals surface area contributed by atoms with Gasteiger partial charge in [0.1, 0.15) is 5.75 Å². The van der Waals surface area contributed by atoms with Gasteiger partial charge in [0.25, 0.3) is 10.0 Å². The van der Waals surface area contributed by atoms with Crippen LogP contribution in [0.4, 0.5) is 5.69 Å². The molecule has 0 aliphatic carbocycles. The number of rotatable bonds is 5. The van der Waals surface area contributed by atoms with E-state index in [1.54, 1.807) is 40.9 Å². The summed E-state index contributed by atoms with van der Waals surface area (Å²) in [5.41, 5.74) is 2.62. The Morgan fingerprint density at radius 2 is 1.96 bits per heavy atom. The Hall–Kier alpha value is -3.39. The fraction of sp³-hybridized carbons (Fsp3) is 0.100. The van der Waals surface area contributed by atoms with Crippen molar-refractivity contribution >= 4 is 21.5 Å². The molecule has 8 heteroatoms. The molecule has 0 saturated heterocycles. The number of fused-ring (bicyclic) bond motifs is 1. The zero-order chi connectivity index (χ0) is 19.7. The van der Waals surface area contributed by atoms with Crippen LogP contribution in [-0.2, 0) is 10.0 Å². The summed E-state index contributed by atoms with van der Waals surface area (Å²) in [6, 6.07) is 13.8. The number of sulfonamides is 1. The van der Waals surface area contributed by atoms with Gasteiger partial charge in [0.2, 0.25) is 5.78 Å². The molecule has 142 valence electrons. The topological polar surface area (TPSA) is 85.6 Å². The van der Waals surface area contributed by atoms with Gasteiger partial charge in [-0.15, -0.1) is 0 Å². The molecule has 0 unspecified atom stereocenters. The van der Waals surface area contributed by atoms with Gasteiger partial charge in [0.05, 0.1) is 23.4 Å². The van der Waals surface area contributed by atoms with Gasteiger partial charge in [0.15, 0.2) is 0 Å². The first kappa shape index (κ1) is 18.0. The highest BCUT2D eigenvalue weighted by Gasteiger charge is 2.18. The van der Waals surface area contributed by atoms with E-state index in [2.05, 4.69) is 14.7 Å². The molecule has 4 aromatic rings. The first-order valence-corrected chi connectivity index (χ1v) is 10.0. The van der Waals surface area contributed by atoms with Gasteiger partial charge >= 0.3 is 0 Å². The Morgan fingerprint density at radius 1 is 1.11 bits per heavy atom. The minimum absolute atomic E-state index is 0.192. The van der Waals surface area contributed by atoms with Crippen LogP contribution in [0.3, 0.4) is 0 Å². The minimum Gasteiger partial charge on any atom is -0.495 e. The lowest BCUT2D eigenvalue weighted by atomic mass is 10.1. The Balaban J connectivity index is 1.75. The molecule has 0 aliphatic rings. The molecule has 4 rings (SSSR count). The largest absolute Gasteiger partial charge is 0.495 e. The lowest BCUT2D eigenvalue weighted by molar-refractivity contribution is 0.417. The number of benzene rings is 2. The normalized spacial score (nSPS) is 11.5. The number of hydrogen-bond acceptors (Lipinski definition) is 5. The fourth-order valence-electron chi connectivity index (χ4n) is 2.90. The van der Waals surface area contributed by atoms with Crippen molar-refractivity contribution in [1.82, 2.24) is 14.4 Å². The number of nitrogens with one attached hydrogen (secondary N) is 1. The summed E-state index contributed by atoms with van der Waals surface area (Å²) in [4.78, 5) is 8.88. The number of aromatic nitrogens is 3. The van der Waals surface area contributed by atoms with Crippen LogP contribution < -0.4 is 9.46 Å². The van der Waals surface area contributed by atoms with Crippen LogP contribution >= 0.6 is 0 Å². The van der Waals surface area contributed by atoms with Gasteiger partial charge < -0.3 is 4.74 Å². The third-order valence-electron chi connectivity index (χ3n) is 4.27. The molecule has 2 aromatic carbocycles. The number of imidazole rings is 1. The van der Waals surface area contributed by atoms with Crippen molar-refractivity contribution in [2.24, 2.45) is 0 Å². The van der Waals surface area contributed by atoms with E-state index in [1.807, 2.05) is 37.5 Å². The molecule has 0 aliphatic heterocycles. The highest BCUT2D eigenvalue weighted by molar-refractivity contribution is 7.92. The predicted octanol–water partition coefficient (Wildman–Crippen LogP) is 3.51. The Kier molecular flexibility index (Phi) is 4.48. The summed E-state index contributed by atoms with van der Waals surface area (Å²) in [7, 11) is -2.27. The van der Waals surface area contributed by atoms with Crippen molar-refractivity contribution < 1.29 is 13.2 Å². The van der Waals surface area contributed by atoms with Gasteiger partial charge in [-0.05, 0) is 48.9 Å². The van der Waals surface area contributed by atoms with E-state index in [0.717, 1.165) is 11.1 Å². The smallest absolute Gasteiger partial charge is 0.262 e. The first-order valence-electron chi connectivity index (χ1n) is 8.54. The second kappa shape index (κ2) is 6.97. The fourth-order valence-corrected chi connectivity index (χ4v) is 4.07. The summed E-state index contributed by atoms with van der Waals surface area (Å²) in [6.45, 7) is 1.84. The maximum absolute atomic E-state index is 12.8. The van der Waals surface area contributed by atoms with Crippen molar-refractivity contribution in [3.63, 3.8) is 0 Å². The molecular weight excluding hydrogens is 376 g/mol. The monoisotopic (exact) mass is 394 g/mol. The number of anilines is 1. The number of hydrogen-bond donors (Lipinski definition) is 1. The van der Waals surface area contributed by atoms with E-state index in [4.69, 9.17) is 4.74 Å². The Labute approximate surface area is 162 Å². The summed E-state index contributed by atoms with van der Waals surface area (Å²) in [5.74, 6) is 0.983. The first-order chi connectivity index (χ1) is 13.5. The Bertz CT molecular complexity index is 1230. The van der Waals surface area contributed by atoms with Gasteiger partial charge in [-0.1, -0.05) is 12.1 Å². The third-order valence-corrected chi connectivity index (χ3v) is 5.64. The summed E-state index contributed by atoms with van der Waals surface area (Å²) in [5, 5.41) is 0. The molecular formula is C20H18N4O3S. The van der Waals surface area contributed by atoms with Crippen molar-refractivity contribution in [2.75, 3.05) is 11.8 Å². The average Bonchev–Trinajstić information content (AvgIpc) is 3.12. The van der Waals surface area contributed by atoms with E-state index in [-0.39, 0.29) is 4.90 Å². The molecule has 2 heterocycles. The summed E-state index contributed by atoms with van der Waals surface area (Å²) in [6.07, 6.45) is 5.36. The van der Waals surface area contributed by atoms with Crippen LogP contribution in [0.1, 0.15) is 5.56 Å². The van der Waals surface area contributed by atoms with Gasteiger partial charge in [0, 0.05) is 24.2 Å². The van der Waals surface area contributed by atoms with Crippen LogP contribution in [0, 0.1) is 6.92 Å². The number of ether oxygens (including phenoxy) is 1. The predicted molar refractivity (Wildman–Crippen MR) is 107 cm³/mol. The minimum atomic E-state index is -3.76. The maximum Gasteiger partial charge on any atom is 0.262 e. The molecule has 0 radical (unpaired) electrons. The Morgan fingerprint density at radius 3 is 2.71 bits per heavy atom. The van der Waals surface area contributed by atoms with Crippen LogP contribution in [0.2, 0.25) is 0 Å². The van der Waals surface area contributed by atoms with Crippen molar-refractivity contribution in [3.05, 3.63) is 72.7 Å². The van der Waals surface area contributed by atoms with Crippen molar-refractivity contribution in [2.45, 2.75) is 11.8 Å². The lowest BCUT2D eigenvalue weighted by Crippen LogP contribution is -2.13. The van der Waals surface area contributed by atoms with Crippen LogP contribution in [0.15, 0.2) is 72.0 Å². The van der Waals surface area contributed by atoms with E-state index >= 15 is 0 Å². The molecule has 0 amide bonds. The number of nitrogens with zero attached hydrogens (tertiary/aromatic N) is 3. The standard InChI is InChI=1S/C20H18N4O3S/c1-14-5-3-6-16(11-14)28(25,26)23-17-12-15(7-8-19(17)27-2)18-13-24-10-4-9-21-20(24)22-18/h3-13,23H,1-2H3. The van der Waals surface area contributed by atoms with Crippen LogP contribution in [0.25, 0.3) is 17.0 Å². The maximum atomic E-state index is 12.8. The molecule has 28 heavy (non-hydrogen) atoms. The van der Waals surface area contributed by atoms with E-state index < -0.39 is 10.0 Å². The second-order valence-electron chi connectivity index (χ2n) is 6.29. The molecule has 0 bridgehead atoms. The zero-order valence-corrected chi connectivity index (χ0v) is 16.1. The molecule has 1 N–H and O–H groups in total. The van der Waals surface area contributed by atoms with E-state index in [1.165, 1.54) is 7.11 Å². The zero-order valence-electron chi connectivity index (χ0n) is 15.3. The lowest BCUT2D eigenvalue weighted by Gasteiger charge is -2.13.